The van der Waals surface area contributed by atoms with Gasteiger partial charge in [0, 0.05) is 17.7 Å². The second kappa shape index (κ2) is 17.7. The van der Waals surface area contributed by atoms with Crippen LogP contribution < -0.4 is 16.8 Å². The highest BCUT2D eigenvalue weighted by Gasteiger charge is 2.18. The van der Waals surface area contributed by atoms with E-state index in [1.807, 2.05) is 98.8 Å². The zero-order valence-electron chi connectivity index (χ0n) is 29.9. The number of benzene rings is 4. The molecular weight excluding hydrogens is 717 g/mol. The van der Waals surface area contributed by atoms with Crippen molar-refractivity contribution in [1.29, 1.82) is 10.5 Å². The van der Waals surface area contributed by atoms with Crippen LogP contribution in [-0.4, -0.2) is 9.97 Å². The number of pyridine rings is 2. The first-order valence-electron chi connectivity index (χ1n) is 16.6. The van der Waals surface area contributed by atoms with Crippen LogP contribution in [0.25, 0.3) is 0 Å². The summed E-state index contributed by atoms with van der Waals surface area (Å²) < 4.78 is 0. The number of nitrogens with zero attached hydrogens (tertiary/aromatic N) is 8. The third-order valence-corrected chi connectivity index (χ3v) is 8.79. The molecule has 0 unspecified atom stereocenters. The van der Waals surface area contributed by atoms with Gasteiger partial charge in [0.1, 0.15) is 40.7 Å². The van der Waals surface area contributed by atoms with Crippen LogP contribution in [0.4, 0.5) is 45.9 Å². The van der Waals surface area contributed by atoms with Crippen LogP contribution in [-0.2, 0) is 6.42 Å². The third-order valence-electron chi connectivity index (χ3n) is 8.15. The van der Waals surface area contributed by atoms with Crippen molar-refractivity contribution in [1.82, 2.24) is 9.97 Å². The fourth-order valence-electron chi connectivity index (χ4n) is 5.31. The molecular formula is C41H35Cl2N11. The molecule has 11 nitrogen and oxygen atoms in total. The smallest absolute Gasteiger partial charge is 0.161 e. The molecule has 0 aliphatic rings. The van der Waals surface area contributed by atoms with Gasteiger partial charge in [0.05, 0.1) is 26.9 Å². The molecule has 0 radical (unpaired) electrons. The first kappa shape index (κ1) is 38.6. The molecule has 2 heterocycles. The Kier molecular flexibility index (Phi) is 12.6. The van der Waals surface area contributed by atoms with E-state index in [4.69, 9.17) is 34.7 Å². The average Bonchev–Trinajstić information content (AvgIpc) is 3.15. The fraction of sp³-hybridized carbons (Fsp3) is 0.122. The van der Waals surface area contributed by atoms with Gasteiger partial charge in [0.25, 0.3) is 0 Å². The molecule has 0 atom stereocenters. The van der Waals surface area contributed by atoms with Crippen molar-refractivity contribution in [3.63, 3.8) is 0 Å². The van der Waals surface area contributed by atoms with E-state index in [0.717, 1.165) is 22.4 Å². The summed E-state index contributed by atoms with van der Waals surface area (Å²) in [4.78, 5) is 8.73. The zero-order chi connectivity index (χ0) is 38.8. The number of nitriles is 2. The van der Waals surface area contributed by atoms with E-state index in [9.17, 15) is 10.5 Å². The highest BCUT2D eigenvalue weighted by Crippen LogP contribution is 2.37. The number of anilines is 4. The van der Waals surface area contributed by atoms with E-state index in [0.29, 0.717) is 67.4 Å². The number of nitrogens with two attached hydrogens (primary N) is 2. The number of azo groups is 2. The Morgan fingerprint density at radius 2 is 1.15 bits per heavy atom. The van der Waals surface area contributed by atoms with Crippen LogP contribution in [0.1, 0.15) is 44.6 Å². The predicted molar refractivity (Wildman–Crippen MR) is 216 cm³/mol. The molecule has 6 rings (SSSR count). The highest BCUT2D eigenvalue weighted by atomic mass is 35.5. The maximum absolute atomic E-state index is 9.63. The van der Waals surface area contributed by atoms with Crippen molar-refractivity contribution < 1.29 is 0 Å². The van der Waals surface area contributed by atoms with Crippen LogP contribution in [0.5, 0.6) is 0 Å². The molecule has 5 N–H and O–H groups in total. The molecule has 0 amide bonds. The molecule has 0 spiro atoms. The van der Waals surface area contributed by atoms with Crippen LogP contribution in [0, 0.1) is 50.4 Å². The number of rotatable bonds is 8. The van der Waals surface area contributed by atoms with Gasteiger partial charge in [-0.25, -0.2) is 9.97 Å². The second-order valence-electron chi connectivity index (χ2n) is 12.2. The van der Waals surface area contributed by atoms with Gasteiger partial charge in [0.15, 0.2) is 11.6 Å². The van der Waals surface area contributed by atoms with E-state index in [1.54, 1.807) is 26.0 Å². The molecule has 2 aromatic heterocycles. The summed E-state index contributed by atoms with van der Waals surface area (Å²) >= 11 is 12.4. The molecule has 0 saturated heterocycles. The van der Waals surface area contributed by atoms with Gasteiger partial charge in [-0.15, -0.1) is 20.5 Å². The molecule has 13 heteroatoms. The van der Waals surface area contributed by atoms with Gasteiger partial charge >= 0.3 is 0 Å². The minimum absolute atomic E-state index is 0.140. The quantitative estimate of drug-likeness (QED) is 0.129. The van der Waals surface area contributed by atoms with Gasteiger partial charge in [-0.05, 0) is 86.3 Å². The maximum Gasteiger partial charge on any atom is 0.161 e. The fourth-order valence-corrected chi connectivity index (χ4v) is 5.62. The summed E-state index contributed by atoms with van der Waals surface area (Å²) in [5.41, 5.74) is 20.5. The lowest BCUT2D eigenvalue weighted by atomic mass is 10.0. The number of halogens is 2. The standard InChI is InChI=1S/C21H18ClN5.C20H17ClN6/c1-13-8-9-17(22)19(10-13)26-27-20-14(2)16(12-23)18(25-21(20)24)11-15-6-4-3-5-7-15;1-12-8-9-16(21)17(10-12)26-27-18-13(2)15(11-22)19(23)25-20(18)24-14-6-4-3-5-7-14/h3-10H,11H2,1-2H3,(H2,24,25);3-10H,1-2H3,(H3,23,24,25). The van der Waals surface area contributed by atoms with Crippen LogP contribution in [0.2, 0.25) is 10.0 Å². The van der Waals surface area contributed by atoms with Crippen LogP contribution in [0.3, 0.4) is 0 Å². The van der Waals surface area contributed by atoms with E-state index in [2.05, 4.69) is 47.9 Å². The number of hydrogen-bond acceptors (Lipinski definition) is 11. The van der Waals surface area contributed by atoms with Crippen LogP contribution >= 0.6 is 23.2 Å². The molecule has 0 fully saturated rings. The monoisotopic (exact) mass is 751 g/mol. The summed E-state index contributed by atoms with van der Waals surface area (Å²) in [7, 11) is 0. The number of nitrogens with one attached hydrogen (secondary N) is 1. The number of nitrogen functional groups attached to an aromatic ring is 2. The molecule has 6 aromatic rings. The summed E-state index contributed by atoms with van der Waals surface area (Å²) in [6, 6.07) is 34.6. The van der Waals surface area contributed by atoms with Crippen molar-refractivity contribution >= 4 is 69.1 Å². The van der Waals surface area contributed by atoms with Gasteiger partial charge in [-0.2, -0.15) is 10.5 Å². The Morgan fingerprint density at radius 3 is 1.70 bits per heavy atom. The van der Waals surface area contributed by atoms with Crippen molar-refractivity contribution in [3.05, 3.63) is 152 Å². The van der Waals surface area contributed by atoms with Gasteiger partial charge in [0.2, 0.25) is 0 Å². The molecule has 54 heavy (non-hydrogen) atoms. The Balaban J connectivity index is 0.000000208. The lowest BCUT2D eigenvalue weighted by Gasteiger charge is -2.12. The largest absolute Gasteiger partial charge is 0.383 e. The Hall–Kier alpha value is -6.66. The van der Waals surface area contributed by atoms with Crippen LogP contribution in [0.15, 0.2) is 118 Å². The van der Waals surface area contributed by atoms with Gasteiger partial charge < -0.3 is 16.8 Å². The lowest BCUT2D eigenvalue weighted by molar-refractivity contribution is 1.04. The summed E-state index contributed by atoms with van der Waals surface area (Å²) in [6.07, 6.45) is 0.524. The number of para-hydroxylation sites is 1. The number of aromatic nitrogens is 2. The van der Waals surface area contributed by atoms with E-state index < -0.39 is 0 Å². The molecule has 268 valence electrons. The Labute approximate surface area is 323 Å². The third kappa shape index (κ3) is 9.41. The average molecular weight is 753 g/mol. The lowest BCUT2D eigenvalue weighted by Crippen LogP contribution is -2.04. The zero-order valence-corrected chi connectivity index (χ0v) is 31.4. The summed E-state index contributed by atoms with van der Waals surface area (Å²) in [5, 5.41) is 40.2. The van der Waals surface area contributed by atoms with E-state index in [-0.39, 0.29) is 17.2 Å². The second-order valence-corrected chi connectivity index (χ2v) is 13.0. The Morgan fingerprint density at radius 1 is 0.630 bits per heavy atom. The van der Waals surface area contributed by atoms with Crippen molar-refractivity contribution in [2.75, 3.05) is 16.8 Å². The molecule has 0 aliphatic carbocycles. The predicted octanol–water partition coefficient (Wildman–Crippen LogP) is 11.8. The summed E-state index contributed by atoms with van der Waals surface area (Å²) in [5.74, 6) is 0.800. The van der Waals surface area contributed by atoms with Crippen molar-refractivity contribution in [3.8, 4) is 12.1 Å². The maximum atomic E-state index is 9.63. The first-order chi connectivity index (χ1) is 26.0. The van der Waals surface area contributed by atoms with Crippen molar-refractivity contribution in [2.45, 2.75) is 34.1 Å². The Bertz CT molecular complexity index is 2450. The molecule has 4 aromatic carbocycles. The van der Waals surface area contributed by atoms with E-state index in [1.165, 1.54) is 0 Å². The van der Waals surface area contributed by atoms with E-state index >= 15 is 0 Å². The SMILES string of the molecule is Cc1ccc(Cl)c(N=Nc2c(N)nc(Cc3ccccc3)c(C#N)c2C)c1.Cc1ccc(Cl)c(N=Nc2c(Nc3ccccc3)nc(N)c(C#N)c2C)c1. The normalized spacial score (nSPS) is 10.8. The number of hydrogen-bond donors (Lipinski definition) is 3. The van der Waals surface area contributed by atoms with Gasteiger partial charge in [-0.1, -0.05) is 83.9 Å². The first-order valence-corrected chi connectivity index (χ1v) is 17.4. The molecule has 0 aliphatic heterocycles. The highest BCUT2D eigenvalue weighted by molar-refractivity contribution is 6.33. The van der Waals surface area contributed by atoms with Crippen molar-refractivity contribution in [2.24, 2.45) is 20.5 Å². The molecule has 0 bridgehead atoms. The minimum atomic E-state index is 0.140. The summed E-state index contributed by atoms with van der Waals surface area (Å²) in [6.45, 7) is 7.46. The topological polar surface area (TPSA) is 187 Å². The molecule has 0 saturated carbocycles. The number of aryl methyl sites for hydroxylation is 2. The minimum Gasteiger partial charge on any atom is -0.383 e. The van der Waals surface area contributed by atoms with Gasteiger partial charge in [-0.3, -0.25) is 0 Å².